The van der Waals surface area contributed by atoms with E-state index in [9.17, 15) is 27.9 Å². The van der Waals surface area contributed by atoms with Crippen LogP contribution in [0.3, 0.4) is 0 Å². The zero-order valence-electron chi connectivity index (χ0n) is 20.8. The summed E-state index contributed by atoms with van der Waals surface area (Å²) in [4.78, 5) is 48.1. The number of methoxy groups -OCH3 is 1. The van der Waals surface area contributed by atoms with Crippen molar-refractivity contribution in [2.75, 3.05) is 32.8 Å². The highest BCUT2D eigenvalue weighted by Gasteiger charge is 2.54. The molecule has 39 heavy (non-hydrogen) atoms. The van der Waals surface area contributed by atoms with Gasteiger partial charge in [0.1, 0.15) is 35.7 Å². The number of carbonyl (C=O) groups excluding carboxylic acids is 2. The summed E-state index contributed by atoms with van der Waals surface area (Å²) in [5, 5.41) is 17.3. The smallest absolute Gasteiger partial charge is 0.352 e. The van der Waals surface area contributed by atoms with Crippen molar-refractivity contribution in [1.29, 1.82) is 0 Å². The Morgan fingerprint density at radius 2 is 2.05 bits per heavy atom. The molecule has 0 radical (unpaired) electrons. The second-order valence-electron chi connectivity index (χ2n) is 8.21. The van der Waals surface area contributed by atoms with Crippen molar-refractivity contribution in [1.82, 2.24) is 19.9 Å². The topological polar surface area (TPSA) is 203 Å². The van der Waals surface area contributed by atoms with Crippen molar-refractivity contribution >= 4 is 61.7 Å². The minimum Gasteiger partial charge on any atom is -0.497 e. The lowest BCUT2D eigenvalue weighted by Crippen LogP contribution is -2.71. The number of thioether (sulfide) groups is 1. The number of carboxylic acid groups (broad SMARTS) is 1. The van der Waals surface area contributed by atoms with Crippen molar-refractivity contribution in [3.63, 3.8) is 0 Å². The van der Waals surface area contributed by atoms with Crippen LogP contribution < -0.4 is 20.5 Å². The van der Waals surface area contributed by atoms with Gasteiger partial charge in [-0.25, -0.2) is 22.9 Å². The number of benzene rings is 1. The molecule has 4 rings (SSSR count). The molecule has 2 aliphatic rings. The molecule has 1 aromatic heterocycles. The van der Waals surface area contributed by atoms with E-state index < -0.39 is 39.2 Å². The molecule has 2 aromatic rings. The lowest BCUT2D eigenvalue weighted by atomic mass is 9.98. The Labute approximate surface area is 231 Å². The van der Waals surface area contributed by atoms with Gasteiger partial charge in [0.15, 0.2) is 10.8 Å². The van der Waals surface area contributed by atoms with Crippen molar-refractivity contribution in [2.45, 2.75) is 22.7 Å². The second-order valence-corrected chi connectivity index (χ2v) is 12.1. The van der Waals surface area contributed by atoms with Crippen LogP contribution in [-0.4, -0.2) is 85.3 Å². The third kappa shape index (κ3) is 5.56. The van der Waals surface area contributed by atoms with E-state index in [1.807, 2.05) is 0 Å². The fourth-order valence-corrected chi connectivity index (χ4v) is 6.80. The molecule has 0 saturated carbocycles. The van der Waals surface area contributed by atoms with Gasteiger partial charge in [-0.1, -0.05) is 5.16 Å². The van der Waals surface area contributed by atoms with Crippen molar-refractivity contribution in [2.24, 2.45) is 5.16 Å². The number of amides is 2. The molecule has 2 atom stereocenters. The third-order valence-electron chi connectivity index (χ3n) is 5.87. The molecule has 208 valence electrons. The van der Waals surface area contributed by atoms with Gasteiger partial charge in [0.05, 0.1) is 12.0 Å². The number of ether oxygens (including phenoxy) is 1. The molecule has 3 heterocycles. The van der Waals surface area contributed by atoms with Crippen molar-refractivity contribution in [3.8, 4) is 5.75 Å². The maximum atomic E-state index is 13.1. The summed E-state index contributed by atoms with van der Waals surface area (Å²) in [6.07, 6.45) is 0.0570. The number of thiazole rings is 1. The molecule has 5 N–H and O–H groups in total. The van der Waals surface area contributed by atoms with E-state index in [0.29, 0.717) is 11.1 Å². The maximum Gasteiger partial charge on any atom is 0.352 e. The van der Waals surface area contributed by atoms with E-state index >= 15 is 0 Å². The summed E-state index contributed by atoms with van der Waals surface area (Å²) in [7, 11) is 0.122. The Morgan fingerprint density at radius 3 is 2.64 bits per heavy atom. The van der Waals surface area contributed by atoms with Crippen LogP contribution in [-0.2, 0) is 35.7 Å². The SMILES string of the molecule is CNS(=O)(=O)c1cc(CC2=C(C(=O)O)N3C(=O)[C@@H](NC(=O)/C(=N/OC)c4csc(N)n4)[C@H]3SC2)cc(OC)c1. The number of β-lactam (4-membered cyclic amide) rings is 1. The number of hydrogen-bond acceptors (Lipinski definition) is 12. The molecule has 0 bridgehead atoms. The first kappa shape index (κ1) is 28.3. The van der Waals surface area contributed by atoms with E-state index in [0.717, 1.165) is 16.2 Å². The number of nitrogens with zero attached hydrogens (tertiary/aromatic N) is 3. The zero-order chi connectivity index (χ0) is 28.5. The average Bonchev–Trinajstić information content (AvgIpc) is 3.35. The molecule has 0 spiro atoms. The highest BCUT2D eigenvalue weighted by molar-refractivity contribution is 8.00. The minimum absolute atomic E-state index is 0.0450. The summed E-state index contributed by atoms with van der Waals surface area (Å²) in [5.41, 5.74) is 6.30. The largest absolute Gasteiger partial charge is 0.497 e. The van der Waals surface area contributed by atoms with Crippen LogP contribution in [0.2, 0.25) is 0 Å². The Morgan fingerprint density at radius 1 is 1.31 bits per heavy atom. The zero-order valence-corrected chi connectivity index (χ0v) is 23.3. The minimum atomic E-state index is -3.79. The fourth-order valence-electron chi connectivity index (χ4n) is 4.09. The summed E-state index contributed by atoms with van der Waals surface area (Å²) >= 11 is 2.37. The Bertz CT molecular complexity index is 1500. The highest BCUT2D eigenvalue weighted by atomic mass is 32.2. The third-order valence-corrected chi connectivity index (χ3v) is 9.28. The van der Waals surface area contributed by atoms with Crippen LogP contribution in [0.1, 0.15) is 11.3 Å². The molecule has 2 aliphatic heterocycles. The van der Waals surface area contributed by atoms with Gasteiger partial charge in [-0.05, 0) is 36.7 Å². The Kier molecular flexibility index (Phi) is 8.15. The fraction of sp³-hybridized carbons (Fsp3) is 0.318. The first-order valence-electron chi connectivity index (χ1n) is 11.2. The molecule has 1 fully saturated rings. The van der Waals surface area contributed by atoms with Gasteiger partial charge >= 0.3 is 5.97 Å². The number of fused-ring (bicyclic) bond motifs is 1. The number of oxime groups is 1. The predicted octanol–water partition coefficient (Wildman–Crippen LogP) is -0.0262. The van der Waals surface area contributed by atoms with Crippen molar-refractivity contribution < 1.29 is 37.5 Å². The molecule has 17 heteroatoms. The molecule has 0 unspecified atom stereocenters. The van der Waals surface area contributed by atoms with Crippen molar-refractivity contribution in [3.05, 3.63) is 46.1 Å². The van der Waals surface area contributed by atoms with Crippen LogP contribution in [0, 0.1) is 0 Å². The van der Waals surface area contributed by atoms with Crippen LogP contribution in [0.4, 0.5) is 5.13 Å². The van der Waals surface area contributed by atoms with Crippen LogP contribution >= 0.6 is 23.1 Å². The van der Waals surface area contributed by atoms with E-state index in [2.05, 4.69) is 20.2 Å². The molecular weight excluding hydrogens is 572 g/mol. The van der Waals surface area contributed by atoms with E-state index in [1.165, 1.54) is 50.5 Å². The first-order valence-corrected chi connectivity index (χ1v) is 14.6. The average molecular weight is 597 g/mol. The Balaban J connectivity index is 1.59. The molecule has 2 amide bonds. The summed E-state index contributed by atoms with van der Waals surface area (Å²) in [6, 6.07) is 3.35. The van der Waals surface area contributed by atoms with Gasteiger partial charge in [-0.2, -0.15) is 0 Å². The van der Waals surface area contributed by atoms with Gasteiger partial charge in [-0.3, -0.25) is 14.5 Å². The monoisotopic (exact) mass is 596 g/mol. The summed E-state index contributed by atoms with van der Waals surface area (Å²) < 4.78 is 32.2. The highest BCUT2D eigenvalue weighted by Crippen LogP contribution is 2.41. The lowest BCUT2D eigenvalue weighted by molar-refractivity contribution is -0.150. The van der Waals surface area contributed by atoms with E-state index in [4.69, 9.17) is 15.3 Å². The molecule has 1 aromatic carbocycles. The van der Waals surface area contributed by atoms with E-state index in [-0.39, 0.29) is 45.1 Å². The van der Waals surface area contributed by atoms with E-state index in [1.54, 1.807) is 6.07 Å². The van der Waals surface area contributed by atoms with Crippen LogP contribution in [0.25, 0.3) is 0 Å². The van der Waals surface area contributed by atoms with Gasteiger partial charge in [0.2, 0.25) is 10.0 Å². The molecular formula is C22H24N6O8S3. The standard InChI is InChI=1S/C22H24N6O8S3/c1-24-39(33,34)13-6-10(5-12(7-13)35-2)4-11-8-37-20-16(19(30)28(20)17(11)21(31)32)26-18(29)15(27-36-3)14-9-38-22(23)25-14/h5-7,9,16,20,24H,4,8H2,1-3H3,(H2,23,25)(H,26,29)(H,31,32)/b27-15+/t16-,20-/m1/s1. The summed E-state index contributed by atoms with van der Waals surface area (Å²) in [5.74, 6) is -2.18. The second kappa shape index (κ2) is 11.2. The van der Waals surface area contributed by atoms with Gasteiger partial charge in [0.25, 0.3) is 11.8 Å². The lowest BCUT2D eigenvalue weighted by Gasteiger charge is -2.49. The van der Waals surface area contributed by atoms with Gasteiger partial charge in [-0.15, -0.1) is 23.1 Å². The summed E-state index contributed by atoms with van der Waals surface area (Å²) in [6.45, 7) is 0. The normalized spacial score (nSPS) is 19.3. The number of aliphatic carboxylic acids is 1. The number of nitrogens with two attached hydrogens (primary N) is 1. The number of nitrogens with one attached hydrogen (secondary N) is 2. The van der Waals surface area contributed by atoms with Crippen LogP contribution in [0.5, 0.6) is 5.75 Å². The Hall–Kier alpha value is -3.67. The molecule has 0 aliphatic carbocycles. The number of carbonyl (C=O) groups is 3. The number of aromatic nitrogens is 1. The van der Waals surface area contributed by atoms with Crippen LogP contribution in [0.15, 0.2) is 44.9 Å². The number of carboxylic acids is 1. The van der Waals surface area contributed by atoms with Gasteiger partial charge in [0, 0.05) is 17.2 Å². The van der Waals surface area contributed by atoms with Gasteiger partial charge < -0.3 is 25.7 Å². The quantitative estimate of drug-likeness (QED) is 0.163. The maximum absolute atomic E-state index is 13.1. The number of anilines is 1. The number of nitrogen functional groups attached to an aromatic ring is 1. The first-order chi connectivity index (χ1) is 18.5. The number of sulfonamides is 1. The number of hydrogen-bond donors (Lipinski definition) is 4. The predicted molar refractivity (Wildman–Crippen MR) is 143 cm³/mol. The number of rotatable bonds is 10. The molecule has 14 nitrogen and oxygen atoms in total. The molecule has 1 saturated heterocycles.